The number of quaternary nitrogens is 1. The van der Waals surface area contributed by atoms with E-state index < -0.39 is 9.84 Å². The van der Waals surface area contributed by atoms with Crippen molar-refractivity contribution in [1.29, 1.82) is 0 Å². The Morgan fingerprint density at radius 1 is 1.38 bits per heavy atom. The highest BCUT2D eigenvalue weighted by atomic mass is 32.2. The van der Waals surface area contributed by atoms with E-state index in [2.05, 4.69) is 5.73 Å². The van der Waals surface area contributed by atoms with Gasteiger partial charge in [0.25, 0.3) is 0 Å². The minimum absolute atomic E-state index is 0.217. The van der Waals surface area contributed by atoms with Crippen molar-refractivity contribution < 1.29 is 19.3 Å². The topological polar surface area (TPSA) is 82.0 Å². The third-order valence-electron chi connectivity index (χ3n) is 1.62. The minimum atomic E-state index is -3.32. The lowest BCUT2D eigenvalue weighted by Gasteiger charge is -2.01. The molecule has 0 radical (unpaired) electrons. The summed E-state index contributed by atoms with van der Waals surface area (Å²) in [6.07, 6.45) is 0. The maximum Gasteiger partial charge on any atom is 0.180 e. The molecule has 0 aromatic heterocycles. The summed E-state index contributed by atoms with van der Waals surface area (Å²) in [7, 11) is -3.32. The van der Waals surface area contributed by atoms with E-state index in [4.69, 9.17) is 5.11 Å². The zero-order chi connectivity index (χ0) is 9.90. The minimum Gasteiger partial charge on any atom is -0.395 e. The van der Waals surface area contributed by atoms with E-state index in [-0.39, 0.29) is 17.3 Å². The molecule has 72 valence electrons. The standard InChI is InChI=1S/C8H11NO3S/c9-7-2-1-3-8(6-7)13(11,12)5-4-10/h1-3,6,10H,4-5,9H2/p+1. The molecule has 1 aromatic rings. The van der Waals surface area contributed by atoms with E-state index in [0.29, 0.717) is 5.69 Å². The fourth-order valence-corrected chi connectivity index (χ4v) is 2.07. The van der Waals surface area contributed by atoms with Crippen molar-refractivity contribution in [3.8, 4) is 0 Å². The van der Waals surface area contributed by atoms with E-state index in [1.54, 1.807) is 12.1 Å². The molecule has 13 heavy (non-hydrogen) atoms. The summed E-state index contributed by atoms with van der Waals surface area (Å²) in [4.78, 5) is 0.217. The summed E-state index contributed by atoms with van der Waals surface area (Å²) in [5.41, 5.74) is 4.28. The zero-order valence-electron chi connectivity index (χ0n) is 7.10. The lowest BCUT2D eigenvalue weighted by Crippen LogP contribution is -2.40. The van der Waals surface area contributed by atoms with Crippen molar-refractivity contribution in [2.75, 3.05) is 12.4 Å². The van der Waals surface area contributed by atoms with E-state index in [9.17, 15) is 8.42 Å². The number of aliphatic hydroxyl groups is 1. The largest absolute Gasteiger partial charge is 0.395 e. The molecule has 0 aliphatic rings. The Kier molecular flexibility index (Phi) is 3.02. The third-order valence-corrected chi connectivity index (χ3v) is 3.31. The summed E-state index contributed by atoms with van der Waals surface area (Å²) in [6.45, 7) is -0.357. The molecule has 0 aliphatic carbocycles. The summed E-state index contributed by atoms with van der Waals surface area (Å²) in [6, 6.07) is 6.34. The zero-order valence-corrected chi connectivity index (χ0v) is 7.92. The number of sulfone groups is 1. The maximum atomic E-state index is 11.4. The van der Waals surface area contributed by atoms with Crippen molar-refractivity contribution in [3.63, 3.8) is 0 Å². The molecule has 0 atom stereocenters. The molecule has 4 N–H and O–H groups in total. The summed E-state index contributed by atoms with van der Waals surface area (Å²) in [5, 5.41) is 8.54. The van der Waals surface area contributed by atoms with Gasteiger partial charge in [-0.25, -0.2) is 8.42 Å². The first-order valence-corrected chi connectivity index (χ1v) is 5.47. The molecule has 5 heteroatoms. The molecule has 0 saturated heterocycles. The van der Waals surface area contributed by atoms with Crippen molar-refractivity contribution >= 4 is 15.5 Å². The highest BCUT2D eigenvalue weighted by Crippen LogP contribution is 2.12. The fourth-order valence-electron chi connectivity index (χ4n) is 0.977. The van der Waals surface area contributed by atoms with Crippen LogP contribution in [0.3, 0.4) is 0 Å². The first kappa shape index (κ1) is 10.2. The van der Waals surface area contributed by atoms with Gasteiger partial charge < -0.3 is 10.8 Å². The molecule has 0 spiro atoms. The SMILES string of the molecule is [NH3+]c1cccc(S(=O)(=O)CCO)c1. The molecule has 1 rings (SSSR count). The molecule has 4 nitrogen and oxygen atoms in total. The summed E-state index contributed by atoms with van der Waals surface area (Å²) >= 11 is 0. The first-order chi connectivity index (χ1) is 6.06. The van der Waals surface area contributed by atoms with Crippen LogP contribution in [0, 0.1) is 0 Å². The van der Waals surface area contributed by atoms with Crippen LogP contribution in [0.5, 0.6) is 0 Å². The van der Waals surface area contributed by atoms with Crippen LogP contribution in [-0.2, 0) is 9.84 Å². The fraction of sp³-hybridized carbons (Fsp3) is 0.250. The molecule has 0 aliphatic heterocycles. The van der Waals surface area contributed by atoms with E-state index >= 15 is 0 Å². The molecule has 0 saturated carbocycles. The van der Waals surface area contributed by atoms with Crippen molar-refractivity contribution in [3.05, 3.63) is 24.3 Å². The third kappa shape index (κ3) is 2.51. The predicted octanol–water partition coefficient (Wildman–Crippen LogP) is -0.674. The van der Waals surface area contributed by atoms with Gasteiger partial charge in [-0.15, -0.1) is 0 Å². The van der Waals surface area contributed by atoms with Gasteiger partial charge in [0.05, 0.1) is 17.3 Å². The van der Waals surface area contributed by atoms with Gasteiger partial charge in [-0.3, -0.25) is 0 Å². The van der Waals surface area contributed by atoms with Crippen LogP contribution in [0.2, 0.25) is 0 Å². The molecule has 0 amide bonds. The average Bonchev–Trinajstić information content (AvgIpc) is 2.04. The van der Waals surface area contributed by atoms with Gasteiger partial charge in [0.2, 0.25) is 0 Å². The van der Waals surface area contributed by atoms with E-state index in [0.717, 1.165) is 0 Å². The molecule has 0 heterocycles. The second kappa shape index (κ2) is 3.87. The Balaban J connectivity index is 3.08. The van der Waals surface area contributed by atoms with Crippen LogP contribution in [0.25, 0.3) is 0 Å². The van der Waals surface area contributed by atoms with Gasteiger partial charge in [0.1, 0.15) is 5.69 Å². The summed E-state index contributed by atoms with van der Waals surface area (Å²) in [5.74, 6) is -0.240. The van der Waals surface area contributed by atoms with Gasteiger partial charge in [-0.05, 0) is 12.1 Å². The van der Waals surface area contributed by atoms with Crippen LogP contribution >= 0.6 is 0 Å². The van der Waals surface area contributed by atoms with E-state index in [1.807, 2.05) is 0 Å². The van der Waals surface area contributed by atoms with Crippen molar-refractivity contribution in [2.24, 2.45) is 0 Å². The van der Waals surface area contributed by atoms with Crippen LogP contribution in [0.1, 0.15) is 0 Å². The Morgan fingerprint density at radius 3 is 2.62 bits per heavy atom. The second-order valence-corrected chi connectivity index (χ2v) is 4.80. The number of aliphatic hydroxyl groups excluding tert-OH is 1. The van der Waals surface area contributed by atoms with Gasteiger partial charge in [0, 0.05) is 6.07 Å². The quantitative estimate of drug-likeness (QED) is 0.681. The molecular weight excluding hydrogens is 190 g/mol. The summed E-state index contributed by atoms with van der Waals surface area (Å²) < 4.78 is 22.8. The highest BCUT2D eigenvalue weighted by Gasteiger charge is 2.13. The molecule has 0 unspecified atom stereocenters. The Morgan fingerprint density at radius 2 is 2.08 bits per heavy atom. The number of hydrogen-bond acceptors (Lipinski definition) is 3. The molecule has 0 fully saturated rings. The number of rotatable bonds is 3. The van der Waals surface area contributed by atoms with Gasteiger partial charge >= 0.3 is 0 Å². The Bertz CT molecular complexity index is 386. The number of benzene rings is 1. The number of hydrogen-bond donors (Lipinski definition) is 2. The second-order valence-electron chi connectivity index (χ2n) is 2.69. The maximum absolute atomic E-state index is 11.4. The molecule has 1 aromatic carbocycles. The monoisotopic (exact) mass is 202 g/mol. The smallest absolute Gasteiger partial charge is 0.180 e. The normalized spacial score (nSPS) is 11.5. The van der Waals surface area contributed by atoms with Crippen LogP contribution in [0.4, 0.5) is 5.69 Å². The van der Waals surface area contributed by atoms with Gasteiger partial charge in [-0.1, -0.05) is 6.07 Å². The van der Waals surface area contributed by atoms with E-state index in [1.165, 1.54) is 12.1 Å². The van der Waals surface area contributed by atoms with Crippen molar-refractivity contribution in [1.82, 2.24) is 0 Å². The van der Waals surface area contributed by atoms with Crippen molar-refractivity contribution in [2.45, 2.75) is 4.90 Å². The predicted molar refractivity (Wildman–Crippen MR) is 48.1 cm³/mol. The van der Waals surface area contributed by atoms with Crippen LogP contribution in [-0.4, -0.2) is 25.9 Å². The van der Waals surface area contributed by atoms with Gasteiger partial charge in [-0.2, -0.15) is 0 Å². The first-order valence-electron chi connectivity index (χ1n) is 3.82. The van der Waals surface area contributed by atoms with Crippen LogP contribution < -0.4 is 5.73 Å². The Labute approximate surface area is 76.9 Å². The van der Waals surface area contributed by atoms with Gasteiger partial charge in [0.15, 0.2) is 9.84 Å². The lowest BCUT2D eigenvalue weighted by atomic mass is 10.3. The van der Waals surface area contributed by atoms with Crippen LogP contribution in [0.15, 0.2) is 29.2 Å². The molecular formula is C8H12NO3S+. The molecule has 0 bridgehead atoms. The Hall–Kier alpha value is -0.910. The average molecular weight is 202 g/mol. The lowest BCUT2D eigenvalue weighted by molar-refractivity contribution is -0.255. The highest BCUT2D eigenvalue weighted by molar-refractivity contribution is 7.91.